The minimum atomic E-state index is -0.677. The molecule has 0 bridgehead atoms. The standard InChI is InChI=1S/C20H22FN7O3/c1-11-9-28(10-12(2)31-11)20-25-8-15(21)18(27-20)26-16-4-13(5-24-19(16)29)17-22-6-14(30-3)7-23-17/h4-8,11-12H,9-10H2,1-3H3,(H,24,29)(H,25,26,27)/t11-,12+. The summed E-state index contributed by atoms with van der Waals surface area (Å²) in [6, 6.07) is 1.53. The molecule has 0 aliphatic carbocycles. The van der Waals surface area contributed by atoms with E-state index in [-0.39, 0.29) is 23.7 Å². The topological polar surface area (TPSA) is 118 Å². The van der Waals surface area contributed by atoms with Gasteiger partial charge in [0.15, 0.2) is 23.2 Å². The molecule has 2 N–H and O–H groups in total. The van der Waals surface area contributed by atoms with Gasteiger partial charge in [-0.15, -0.1) is 0 Å². The van der Waals surface area contributed by atoms with Crippen LogP contribution in [0.15, 0.2) is 35.6 Å². The lowest BCUT2D eigenvalue weighted by molar-refractivity contribution is -0.00572. The lowest BCUT2D eigenvalue weighted by Crippen LogP contribution is -2.46. The van der Waals surface area contributed by atoms with Crippen molar-refractivity contribution in [1.82, 2.24) is 24.9 Å². The Morgan fingerprint density at radius 3 is 2.58 bits per heavy atom. The minimum Gasteiger partial charge on any atom is -0.494 e. The van der Waals surface area contributed by atoms with Gasteiger partial charge >= 0.3 is 0 Å². The zero-order valence-electron chi connectivity index (χ0n) is 17.3. The number of aromatic nitrogens is 5. The summed E-state index contributed by atoms with van der Waals surface area (Å²) in [5, 5.41) is 2.77. The molecule has 3 aromatic rings. The maximum atomic E-state index is 14.4. The Morgan fingerprint density at radius 2 is 1.90 bits per heavy atom. The van der Waals surface area contributed by atoms with Crippen molar-refractivity contribution in [3.8, 4) is 17.1 Å². The zero-order valence-corrected chi connectivity index (χ0v) is 17.3. The van der Waals surface area contributed by atoms with E-state index in [1.54, 1.807) is 0 Å². The van der Waals surface area contributed by atoms with E-state index in [0.29, 0.717) is 36.2 Å². The predicted octanol–water partition coefficient (Wildman–Crippen LogP) is 2.13. The maximum Gasteiger partial charge on any atom is 0.271 e. The third-order valence-electron chi connectivity index (χ3n) is 4.71. The van der Waals surface area contributed by atoms with Gasteiger partial charge in [-0.1, -0.05) is 0 Å². The van der Waals surface area contributed by atoms with Crippen molar-refractivity contribution in [3.63, 3.8) is 0 Å². The molecule has 1 aliphatic rings. The summed E-state index contributed by atoms with van der Waals surface area (Å²) in [7, 11) is 1.52. The average Bonchev–Trinajstić information content (AvgIpc) is 2.76. The summed E-state index contributed by atoms with van der Waals surface area (Å²) in [6.07, 6.45) is 5.59. The molecule has 0 saturated carbocycles. The van der Waals surface area contributed by atoms with E-state index in [1.165, 1.54) is 31.8 Å². The lowest BCUT2D eigenvalue weighted by atomic mass is 10.2. The molecular weight excluding hydrogens is 405 g/mol. The van der Waals surface area contributed by atoms with E-state index >= 15 is 0 Å². The van der Waals surface area contributed by atoms with Crippen molar-refractivity contribution in [2.75, 3.05) is 30.4 Å². The Balaban J connectivity index is 1.62. The summed E-state index contributed by atoms with van der Waals surface area (Å²) >= 11 is 0. The van der Waals surface area contributed by atoms with Crippen LogP contribution in [-0.4, -0.2) is 57.3 Å². The fourth-order valence-electron chi connectivity index (χ4n) is 3.34. The second kappa shape index (κ2) is 8.64. The van der Waals surface area contributed by atoms with Crippen LogP contribution in [0.1, 0.15) is 13.8 Å². The summed E-state index contributed by atoms with van der Waals surface area (Å²) in [6.45, 7) is 5.08. The number of nitrogens with one attached hydrogen (secondary N) is 2. The minimum absolute atomic E-state index is 0.00200. The number of anilines is 3. The van der Waals surface area contributed by atoms with Crippen LogP contribution in [-0.2, 0) is 4.74 Å². The number of morpholine rings is 1. The predicted molar refractivity (Wildman–Crippen MR) is 112 cm³/mol. The van der Waals surface area contributed by atoms with Gasteiger partial charge in [-0.25, -0.2) is 19.3 Å². The number of halogens is 1. The number of ether oxygens (including phenoxy) is 2. The fourth-order valence-corrected chi connectivity index (χ4v) is 3.34. The highest BCUT2D eigenvalue weighted by Crippen LogP contribution is 2.23. The molecule has 0 amide bonds. The first-order chi connectivity index (χ1) is 14.9. The maximum absolute atomic E-state index is 14.4. The molecule has 11 heteroatoms. The number of rotatable bonds is 5. The smallest absolute Gasteiger partial charge is 0.271 e. The van der Waals surface area contributed by atoms with Crippen molar-refractivity contribution in [2.24, 2.45) is 0 Å². The molecule has 3 aromatic heterocycles. The fraction of sp³-hybridized carbons (Fsp3) is 0.350. The molecule has 2 atom stereocenters. The van der Waals surface area contributed by atoms with Crippen LogP contribution in [0.2, 0.25) is 0 Å². The molecule has 0 spiro atoms. The third-order valence-corrected chi connectivity index (χ3v) is 4.71. The lowest BCUT2D eigenvalue weighted by Gasteiger charge is -2.35. The second-order valence-corrected chi connectivity index (χ2v) is 7.23. The Morgan fingerprint density at radius 1 is 1.19 bits per heavy atom. The molecule has 0 aromatic carbocycles. The number of hydrogen-bond donors (Lipinski definition) is 2. The van der Waals surface area contributed by atoms with E-state index in [2.05, 4.69) is 30.2 Å². The monoisotopic (exact) mass is 427 g/mol. The van der Waals surface area contributed by atoms with Gasteiger partial charge in [0.05, 0.1) is 37.9 Å². The van der Waals surface area contributed by atoms with Gasteiger partial charge in [-0.05, 0) is 19.9 Å². The number of methoxy groups -OCH3 is 1. The molecule has 162 valence electrons. The highest BCUT2D eigenvalue weighted by molar-refractivity contribution is 5.64. The first kappa shape index (κ1) is 20.7. The molecule has 10 nitrogen and oxygen atoms in total. The molecule has 31 heavy (non-hydrogen) atoms. The van der Waals surface area contributed by atoms with Gasteiger partial charge in [-0.2, -0.15) is 4.98 Å². The zero-order chi connectivity index (χ0) is 22.0. The SMILES string of the molecule is COc1cnc(-c2c[nH]c(=O)c(Nc3nc(N4C[C@@H](C)O[C@@H](C)C4)ncc3F)c2)nc1. The van der Waals surface area contributed by atoms with Crippen LogP contribution in [0.3, 0.4) is 0 Å². The summed E-state index contributed by atoms with van der Waals surface area (Å²) in [5.41, 5.74) is 0.199. The van der Waals surface area contributed by atoms with Crippen molar-refractivity contribution in [3.05, 3.63) is 47.0 Å². The molecule has 0 radical (unpaired) electrons. The Bertz CT molecular complexity index is 1110. The number of pyridine rings is 1. The first-order valence-electron chi connectivity index (χ1n) is 9.72. The van der Waals surface area contributed by atoms with Gasteiger partial charge in [-0.3, -0.25) is 4.79 Å². The Hall–Kier alpha value is -3.60. The average molecular weight is 427 g/mol. The molecular formula is C20H22FN7O3. The van der Waals surface area contributed by atoms with E-state index in [4.69, 9.17) is 9.47 Å². The molecule has 1 saturated heterocycles. The van der Waals surface area contributed by atoms with Crippen LogP contribution >= 0.6 is 0 Å². The highest BCUT2D eigenvalue weighted by atomic mass is 19.1. The van der Waals surface area contributed by atoms with Gasteiger partial charge in [0.25, 0.3) is 5.56 Å². The largest absolute Gasteiger partial charge is 0.494 e. The van der Waals surface area contributed by atoms with E-state index in [9.17, 15) is 9.18 Å². The van der Waals surface area contributed by atoms with Gasteiger partial charge < -0.3 is 24.7 Å². The second-order valence-electron chi connectivity index (χ2n) is 7.23. The summed E-state index contributed by atoms with van der Waals surface area (Å²) < 4.78 is 25.2. The number of nitrogens with zero attached hydrogens (tertiary/aromatic N) is 5. The molecule has 4 rings (SSSR count). The number of H-pyrrole nitrogens is 1. The van der Waals surface area contributed by atoms with Gasteiger partial charge in [0.2, 0.25) is 5.95 Å². The molecule has 1 fully saturated rings. The highest BCUT2D eigenvalue weighted by Gasteiger charge is 2.25. The molecule has 4 heterocycles. The quantitative estimate of drug-likeness (QED) is 0.631. The van der Waals surface area contributed by atoms with E-state index in [1.807, 2.05) is 18.7 Å². The molecule has 0 unspecified atom stereocenters. The van der Waals surface area contributed by atoms with Crippen LogP contribution in [0.5, 0.6) is 5.75 Å². The summed E-state index contributed by atoms with van der Waals surface area (Å²) in [4.78, 5) is 33.7. The van der Waals surface area contributed by atoms with Crippen molar-refractivity contribution >= 4 is 17.5 Å². The van der Waals surface area contributed by atoms with Crippen molar-refractivity contribution in [2.45, 2.75) is 26.1 Å². The first-order valence-corrected chi connectivity index (χ1v) is 9.72. The number of aromatic amines is 1. The van der Waals surface area contributed by atoms with E-state index in [0.717, 1.165) is 6.20 Å². The van der Waals surface area contributed by atoms with Gasteiger partial charge in [0.1, 0.15) is 5.69 Å². The van der Waals surface area contributed by atoms with Crippen LogP contribution in [0, 0.1) is 5.82 Å². The van der Waals surface area contributed by atoms with Crippen molar-refractivity contribution in [1.29, 1.82) is 0 Å². The van der Waals surface area contributed by atoms with Crippen LogP contribution in [0.25, 0.3) is 11.4 Å². The van der Waals surface area contributed by atoms with Gasteiger partial charge in [0, 0.05) is 24.8 Å². The van der Waals surface area contributed by atoms with E-state index < -0.39 is 11.4 Å². The molecule has 1 aliphatic heterocycles. The third kappa shape index (κ3) is 4.61. The summed E-state index contributed by atoms with van der Waals surface area (Å²) in [5.74, 6) is 0.463. The number of hydrogen-bond acceptors (Lipinski definition) is 9. The van der Waals surface area contributed by atoms with Crippen LogP contribution in [0.4, 0.5) is 21.8 Å². The Labute approximate surface area is 177 Å². The van der Waals surface area contributed by atoms with Crippen LogP contribution < -0.4 is 20.5 Å². The van der Waals surface area contributed by atoms with Crippen molar-refractivity contribution < 1.29 is 13.9 Å². The normalized spacial score (nSPS) is 18.6. The Kier molecular flexibility index (Phi) is 5.76.